The van der Waals surface area contributed by atoms with Gasteiger partial charge in [-0.2, -0.15) is 0 Å². The van der Waals surface area contributed by atoms with Gasteiger partial charge in [0.2, 0.25) is 0 Å². The maximum Gasteiger partial charge on any atom is 0.266 e. The van der Waals surface area contributed by atoms with Crippen LogP contribution in [0.5, 0.6) is 0 Å². The van der Waals surface area contributed by atoms with E-state index in [1.54, 1.807) is 5.51 Å². The highest BCUT2D eigenvalue weighted by Gasteiger charge is 2.19. The van der Waals surface area contributed by atoms with E-state index < -0.39 is 0 Å². The number of nitrogens with zero attached hydrogens (tertiary/aromatic N) is 2. The Morgan fingerprint density at radius 1 is 1.35 bits per heavy atom. The fourth-order valence-electron chi connectivity index (χ4n) is 1.99. The number of thiazole rings is 1. The lowest BCUT2D eigenvalue weighted by Gasteiger charge is -2.22. The highest BCUT2D eigenvalue weighted by Crippen LogP contribution is 2.17. The normalized spacial score (nSPS) is 10.5. The first kappa shape index (κ1) is 14.7. The lowest BCUT2D eigenvalue weighted by Crippen LogP contribution is -2.32. The number of amides is 1. The first-order chi connectivity index (χ1) is 9.72. The van der Waals surface area contributed by atoms with Crippen LogP contribution in [-0.2, 0) is 6.54 Å². The van der Waals surface area contributed by atoms with E-state index in [0.29, 0.717) is 19.6 Å². The fraction of sp³-hybridized carbons (Fsp3) is 0.333. The molecule has 1 aromatic heterocycles. The molecule has 0 aliphatic heterocycles. The zero-order chi connectivity index (χ0) is 14.4. The summed E-state index contributed by atoms with van der Waals surface area (Å²) in [6.45, 7) is 3.73. The van der Waals surface area contributed by atoms with Crippen LogP contribution < -0.4 is 5.73 Å². The zero-order valence-electron chi connectivity index (χ0n) is 11.6. The van der Waals surface area contributed by atoms with Crippen molar-refractivity contribution < 1.29 is 4.79 Å². The van der Waals surface area contributed by atoms with Crippen molar-refractivity contribution in [1.29, 1.82) is 0 Å². The molecular weight excluding hydrogens is 270 g/mol. The Balaban J connectivity index is 2.15. The molecule has 20 heavy (non-hydrogen) atoms. The number of aryl methyl sites for hydroxylation is 1. The van der Waals surface area contributed by atoms with Crippen LogP contribution in [0, 0.1) is 6.92 Å². The number of carbonyl (C=O) groups is 1. The number of benzene rings is 1. The lowest BCUT2D eigenvalue weighted by molar-refractivity contribution is 0.0746. The van der Waals surface area contributed by atoms with Crippen molar-refractivity contribution >= 4 is 17.2 Å². The predicted octanol–water partition coefficient (Wildman–Crippen LogP) is 2.44. The maximum atomic E-state index is 12.6. The first-order valence-electron chi connectivity index (χ1n) is 6.65. The molecule has 0 saturated heterocycles. The molecule has 0 bridgehead atoms. The molecule has 1 amide bonds. The molecular formula is C15H19N3OS. The summed E-state index contributed by atoms with van der Waals surface area (Å²) >= 11 is 1.40. The maximum absolute atomic E-state index is 12.6. The van der Waals surface area contributed by atoms with Crippen LogP contribution in [0.1, 0.15) is 27.3 Å². The summed E-state index contributed by atoms with van der Waals surface area (Å²) in [6, 6.07) is 10.0. The third-order valence-electron chi connectivity index (χ3n) is 3.08. The number of nitrogens with two attached hydrogens (primary N) is 1. The van der Waals surface area contributed by atoms with E-state index in [2.05, 4.69) is 4.98 Å². The summed E-state index contributed by atoms with van der Waals surface area (Å²) in [5.41, 5.74) is 9.21. The summed E-state index contributed by atoms with van der Waals surface area (Å²) in [5, 5.41) is 0. The van der Waals surface area contributed by atoms with Gasteiger partial charge >= 0.3 is 0 Å². The Hall–Kier alpha value is -1.72. The molecule has 0 saturated carbocycles. The van der Waals surface area contributed by atoms with Gasteiger partial charge in [-0.25, -0.2) is 4.98 Å². The van der Waals surface area contributed by atoms with E-state index in [-0.39, 0.29) is 5.91 Å². The van der Waals surface area contributed by atoms with E-state index in [4.69, 9.17) is 5.73 Å². The minimum atomic E-state index is 0.0438. The third-order valence-corrected chi connectivity index (χ3v) is 3.99. The summed E-state index contributed by atoms with van der Waals surface area (Å²) in [5.74, 6) is 0.0438. The van der Waals surface area contributed by atoms with Gasteiger partial charge in [-0.1, -0.05) is 30.3 Å². The van der Waals surface area contributed by atoms with E-state index >= 15 is 0 Å². The molecule has 4 nitrogen and oxygen atoms in total. The van der Waals surface area contributed by atoms with Crippen LogP contribution in [0.4, 0.5) is 0 Å². The highest BCUT2D eigenvalue weighted by atomic mass is 32.1. The Morgan fingerprint density at radius 3 is 2.70 bits per heavy atom. The second-order valence-electron chi connectivity index (χ2n) is 4.62. The Kier molecular flexibility index (Phi) is 5.26. The smallest absolute Gasteiger partial charge is 0.266 e. The summed E-state index contributed by atoms with van der Waals surface area (Å²) in [7, 11) is 0. The molecule has 0 aliphatic carbocycles. The van der Waals surface area contributed by atoms with Crippen molar-refractivity contribution in [1.82, 2.24) is 9.88 Å². The van der Waals surface area contributed by atoms with Gasteiger partial charge in [0.05, 0.1) is 11.2 Å². The minimum absolute atomic E-state index is 0.0438. The number of rotatable bonds is 6. The van der Waals surface area contributed by atoms with Gasteiger partial charge in [0, 0.05) is 13.1 Å². The van der Waals surface area contributed by atoms with Crippen LogP contribution in [0.15, 0.2) is 35.8 Å². The van der Waals surface area contributed by atoms with Crippen LogP contribution in [0.3, 0.4) is 0 Å². The highest BCUT2D eigenvalue weighted by molar-refractivity contribution is 7.11. The van der Waals surface area contributed by atoms with Gasteiger partial charge in [0.15, 0.2) is 0 Å². The molecule has 106 valence electrons. The molecule has 0 spiro atoms. The van der Waals surface area contributed by atoms with Crippen LogP contribution in [-0.4, -0.2) is 28.9 Å². The molecule has 0 unspecified atom stereocenters. The van der Waals surface area contributed by atoms with Gasteiger partial charge in [-0.15, -0.1) is 11.3 Å². The molecule has 2 N–H and O–H groups in total. The predicted molar refractivity (Wildman–Crippen MR) is 81.7 cm³/mol. The van der Waals surface area contributed by atoms with Crippen LogP contribution >= 0.6 is 11.3 Å². The molecule has 0 fully saturated rings. The second kappa shape index (κ2) is 7.17. The quantitative estimate of drug-likeness (QED) is 0.888. The Bertz CT molecular complexity index is 553. The molecule has 2 rings (SSSR count). The second-order valence-corrected chi connectivity index (χ2v) is 5.48. The summed E-state index contributed by atoms with van der Waals surface area (Å²) in [6.07, 6.45) is 0.802. The fourth-order valence-corrected chi connectivity index (χ4v) is 2.76. The average Bonchev–Trinajstić information content (AvgIpc) is 2.90. The molecule has 0 radical (unpaired) electrons. The van der Waals surface area contributed by atoms with Gasteiger partial charge in [0.1, 0.15) is 4.88 Å². The van der Waals surface area contributed by atoms with E-state index in [9.17, 15) is 4.79 Å². The number of hydrogen-bond donors (Lipinski definition) is 1. The molecule has 0 atom stereocenters. The molecule has 5 heteroatoms. The summed E-state index contributed by atoms with van der Waals surface area (Å²) < 4.78 is 0. The topological polar surface area (TPSA) is 59.2 Å². The molecule has 1 heterocycles. The number of aromatic nitrogens is 1. The number of carbonyl (C=O) groups excluding carboxylic acids is 1. The van der Waals surface area contributed by atoms with Gasteiger partial charge < -0.3 is 10.6 Å². The van der Waals surface area contributed by atoms with Crippen LogP contribution in [0.25, 0.3) is 0 Å². The zero-order valence-corrected chi connectivity index (χ0v) is 12.4. The van der Waals surface area contributed by atoms with Crippen LogP contribution in [0.2, 0.25) is 0 Å². The number of hydrogen-bond acceptors (Lipinski definition) is 4. The average molecular weight is 289 g/mol. The van der Waals surface area contributed by atoms with Crippen molar-refractivity contribution in [2.75, 3.05) is 13.1 Å². The third kappa shape index (κ3) is 3.65. The van der Waals surface area contributed by atoms with E-state index in [1.807, 2.05) is 42.2 Å². The first-order valence-corrected chi connectivity index (χ1v) is 7.53. The molecule has 1 aromatic carbocycles. The molecule has 0 aliphatic rings. The Morgan fingerprint density at radius 2 is 2.10 bits per heavy atom. The largest absolute Gasteiger partial charge is 0.334 e. The van der Waals surface area contributed by atoms with Crippen molar-refractivity contribution in [2.24, 2.45) is 5.73 Å². The SMILES string of the molecule is Cc1ncsc1C(=O)N(CCCN)Cc1ccccc1. The summed E-state index contributed by atoms with van der Waals surface area (Å²) in [4.78, 5) is 19.3. The van der Waals surface area contributed by atoms with Gasteiger partial charge in [0.25, 0.3) is 5.91 Å². The van der Waals surface area contributed by atoms with Crippen molar-refractivity contribution in [3.05, 3.63) is 52.0 Å². The van der Waals surface area contributed by atoms with Gasteiger partial charge in [-0.05, 0) is 25.5 Å². The van der Waals surface area contributed by atoms with E-state index in [0.717, 1.165) is 22.6 Å². The minimum Gasteiger partial charge on any atom is -0.334 e. The van der Waals surface area contributed by atoms with Crippen molar-refractivity contribution in [3.63, 3.8) is 0 Å². The monoisotopic (exact) mass is 289 g/mol. The van der Waals surface area contributed by atoms with Crippen molar-refractivity contribution in [2.45, 2.75) is 19.9 Å². The van der Waals surface area contributed by atoms with E-state index in [1.165, 1.54) is 11.3 Å². The lowest BCUT2D eigenvalue weighted by atomic mass is 10.2. The van der Waals surface area contributed by atoms with Crippen molar-refractivity contribution in [3.8, 4) is 0 Å². The molecule has 2 aromatic rings. The standard InChI is InChI=1S/C15H19N3OS/c1-12-14(20-11-17-12)15(19)18(9-5-8-16)10-13-6-3-2-4-7-13/h2-4,6-7,11H,5,8-10,16H2,1H3. The van der Waals surface area contributed by atoms with Gasteiger partial charge in [-0.3, -0.25) is 4.79 Å². The Labute approximate surface area is 123 Å².